The molecule has 1 N–H and O–H groups in total. The molecule has 3 heteroatoms. The lowest BCUT2D eigenvalue weighted by atomic mass is 10.0. The summed E-state index contributed by atoms with van der Waals surface area (Å²) in [6, 6.07) is 9.25. The Morgan fingerprint density at radius 1 is 1.00 bits per heavy atom. The first-order valence-electron chi connectivity index (χ1n) is 7.69. The van der Waals surface area contributed by atoms with E-state index in [9.17, 15) is 0 Å². The Bertz CT molecular complexity index is 601. The number of aryl methyl sites for hydroxylation is 2. The van der Waals surface area contributed by atoms with E-state index in [-0.39, 0.29) is 0 Å². The van der Waals surface area contributed by atoms with E-state index in [2.05, 4.69) is 71.1 Å². The zero-order valence-electron chi connectivity index (χ0n) is 13.9. The van der Waals surface area contributed by atoms with Gasteiger partial charge >= 0.3 is 0 Å². The first kappa shape index (κ1) is 16.2. The summed E-state index contributed by atoms with van der Waals surface area (Å²) in [6.07, 6.45) is 0. The van der Waals surface area contributed by atoms with E-state index in [0.29, 0.717) is 18.0 Å². The van der Waals surface area contributed by atoms with E-state index < -0.39 is 0 Å². The molecule has 0 saturated heterocycles. The quantitative estimate of drug-likeness (QED) is 0.811. The van der Waals surface area contributed by atoms with Crippen molar-refractivity contribution in [3.8, 4) is 0 Å². The van der Waals surface area contributed by atoms with Crippen LogP contribution in [0.1, 0.15) is 72.4 Å². The summed E-state index contributed by atoms with van der Waals surface area (Å²) in [7, 11) is 0. The van der Waals surface area contributed by atoms with E-state index in [1.54, 1.807) is 0 Å². The highest BCUT2D eigenvalue weighted by atomic mass is 32.1. The third kappa shape index (κ3) is 3.72. The van der Waals surface area contributed by atoms with Crippen LogP contribution in [0.2, 0.25) is 0 Å². The van der Waals surface area contributed by atoms with Crippen LogP contribution in [-0.2, 0) is 0 Å². The van der Waals surface area contributed by atoms with Crippen molar-refractivity contribution in [3.05, 3.63) is 51.0 Å². The summed E-state index contributed by atoms with van der Waals surface area (Å²) in [6.45, 7) is 13.2. The number of hydrogen-bond acceptors (Lipinski definition) is 3. The molecule has 2 aromatic rings. The highest BCUT2D eigenvalue weighted by Crippen LogP contribution is 2.31. The molecular weight excluding hydrogens is 276 g/mol. The lowest BCUT2D eigenvalue weighted by molar-refractivity contribution is 0.496. The maximum atomic E-state index is 4.71. The summed E-state index contributed by atoms with van der Waals surface area (Å²) in [4.78, 5) is 6.07. The summed E-state index contributed by atoms with van der Waals surface area (Å²) < 4.78 is 0. The van der Waals surface area contributed by atoms with E-state index in [4.69, 9.17) is 4.98 Å². The van der Waals surface area contributed by atoms with Crippen LogP contribution in [0, 0.1) is 13.8 Å². The monoisotopic (exact) mass is 302 g/mol. The zero-order valence-corrected chi connectivity index (χ0v) is 14.7. The van der Waals surface area contributed by atoms with Crippen molar-refractivity contribution in [1.82, 2.24) is 10.3 Å². The van der Waals surface area contributed by atoms with Crippen LogP contribution < -0.4 is 5.32 Å². The molecule has 0 amide bonds. The molecule has 0 aliphatic heterocycles. The van der Waals surface area contributed by atoms with Crippen molar-refractivity contribution in [2.75, 3.05) is 0 Å². The second-order valence-electron chi connectivity index (χ2n) is 6.12. The molecule has 2 nitrogen and oxygen atoms in total. The van der Waals surface area contributed by atoms with Crippen LogP contribution in [0.5, 0.6) is 0 Å². The second kappa shape index (κ2) is 6.71. The number of benzene rings is 1. The molecule has 1 heterocycles. The molecule has 2 atom stereocenters. The van der Waals surface area contributed by atoms with Gasteiger partial charge in [-0.05, 0) is 38.8 Å². The molecule has 0 radical (unpaired) electrons. The fourth-order valence-corrected chi connectivity index (χ4v) is 3.77. The average Bonchev–Trinajstić information content (AvgIpc) is 2.81. The SMILES string of the molecule is Cc1ccccc1[C@H](C)N[C@@H](C)c1sc(C(C)C)nc1C. The number of nitrogens with one attached hydrogen (secondary N) is 1. The van der Waals surface area contributed by atoms with Crippen molar-refractivity contribution in [2.45, 2.75) is 59.5 Å². The molecule has 1 aromatic carbocycles. The van der Waals surface area contributed by atoms with E-state index in [1.807, 2.05) is 11.3 Å². The standard InChI is InChI=1S/C18H26N2S/c1-11(2)18-20-15(6)17(21-18)14(5)19-13(4)16-10-8-7-9-12(16)3/h7-11,13-14,19H,1-6H3/t13-,14-/m0/s1. The van der Waals surface area contributed by atoms with Gasteiger partial charge in [0.25, 0.3) is 0 Å². The Morgan fingerprint density at radius 2 is 1.67 bits per heavy atom. The minimum Gasteiger partial charge on any atom is -0.303 e. The van der Waals surface area contributed by atoms with Gasteiger partial charge in [0.1, 0.15) is 0 Å². The van der Waals surface area contributed by atoms with Gasteiger partial charge in [0, 0.05) is 22.9 Å². The predicted octanol–water partition coefficient (Wildman–Crippen LogP) is 5.30. The smallest absolute Gasteiger partial charge is 0.0956 e. The van der Waals surface area contributed by atoms with Crippen LogP contribution in [0.4, 0.5) is 0 Å². The van der Waals surface area contributed by atoms with Crippen LogP contribution in [0.3, 0.4) is 0 Å². The van der Waals surface area contributed by atoms with E-state index in [0.717, 1.165) is 0 Å². The Balaban J connectivity index is 2.14. The van der Waals surface area contributed by atoms with Gasteiger partial charge in [-0.15, -0.1) is 11.3 Å². The van der Waals surface area contributed by atoms with E-state index in [1.165, 1.54) is 26.7 Å². The number of aromatic nitrogens is 1. The van der Waals surface area contributed by atoms with Crippen LogP contribution in [0.25, 0.3) is 0 Å². The molecule has 21 heavy (non-hydrogen) atoms. The fraction of sp³-hybridized carbons (Fsp3) is 0.500. The van der Waals surface area contributed by atoms with Crippen LogP contribution in [-0.4, -0.2) is 4.98 Å². The third-order valence-electron chi connectivity index (χ3n) is 3.89. The maximum Gasteiger partial charge on any atom is 0.0956 e. The second-order valence-corrected chi connectivity index (χ2v) is 7.19. The van der Waals surface area contributed by atoms with Crippen LogP contribution in [0.15, 0.2) is 24.3 Å². The van der Waals surface area contributed by atoms with Crippen molar-refractivity contribution in [3.63, 3.8) is 0 Å². The number of thiazole rings is 1. The first-order chi connectivity index (χ1) is 9.90. The zero-order chi connectivity index (χ0) is 15.6. The number of hydrogen-bond donors (Lipinski definition) is 1. The van der Waals surface area contributed by atoms with Gasteiger partial charge in [-0.25, -0.2) is 4.98 Å². The summed E-state index contributed by atoms with van der Waals surface area (Å²) in [5.41, 5.74) is 3.88. The molecule has 0 saturated carbocycles. The maximum absolute atomic E-state index is 4.71. The van der Waals surface area contributed by atoms with Gasteiger partial charge in [-0.1, -0.05) is 38.1 Å². The highest BCUT2D eigenvalue weighted by Gasteiger charge is 2.18. The average molecular weight is 302 g/mol. The van der Waals surface area contributed by atoms with Gasteiger partial charge in [-0.3, -0.25) is 0 Å². The van der Waals surface area contributed by atoms with Crippen molar-refractivity contribution in [2.24, 2.45) is 0 Å². The number of rotatable bonds is 5. The molecule has 0 fully saturated rings. The molecule has 0 bridgehead atoms. The van der Waals surface area contributed by atoms with Gasteiger partial charge in [-0.2, -0.15) is 0 Å². The molecule has 114 valence electrons. The molecule has 0 spiro atoms. The third-order valence-corrected chi connectivity index (χ3v) is 5.53. The van der Waals surface area contributed by atoms with Crippen LogP contribution >= 0.6 is 11.3 Å². The van der Waals surface area contributed by atoms with Crippen molar-refractivity contribution in [1.29, 1.82) is 0 Å². The normalized spacial score (nSPS) is 14.4. The molecule has 1 aromatic heterocycles. The largest absolute Gasteiger partial charge is 0.303 e. The Labute approximate surface area is 132 Å². The molecule has 2 rings (SSSR count). The Kier molecular flexibility index (Phi) is 5.17. The summed E-state index contributed by atoms with van der Waals surface area (Å²) >= 11 is 1.84. The van der Waals surface area contributed by atoms with Crippen molar-refractivity contribution < 1.29 is 0 Å². The molecular formula is C18H26N2S. The van der Waals surface area contributed by atoms with Gasteiger partial charge in [0.05, 0.1) is 10.7 Å². The van der Waals surface area contributed by atoms with Gasteiger partial charge in [0.15, 0.2) is 0 Å². The molecule has 0 aliphatic carbocycles. The first-order valence-corrected chi connectivity index (χ1v) is 8.50. The lowest BCUT2D eigenvalue weighted by Gasteiger charge is -2.21. The van der Waals surface area contributed by atoms with E-state index >= 15 is 0 Å². The number of nitrogens with zero attached hydrogens (tertiary/aromatic N) is 1. The molecule has 0 aliphatic rings. The minimum absolute atomic E-state index is 0.324. The topological polar surface area (TPSA) is 24.9 Å². The Morgan fingerprint density at radius 3 is 2.24 bits per heavy atom. The lowest BCUT2D eigenvalue weighted by Crippen LogP contribution is -2.22. The van der Waals surface area contributed by atoms with Gasteiger partial charge < -0.3 is 5.32 Å². The fourth-order valence-electron chi connectivity index (χ4n) is 2.69. The van der Waals surface area contributed by atoms with Crippen molar-refractivity contribution >= 4 is 11.3 Å². The predicted molar refractivity (Wildman–Crippen MR) is 92.1 cm³/mol. The Hall–Kier alpha value is -1.19. The highest BCUT2D eigenvalue weighted by molar-refractivity contribution is 7.11. The summed E-state index contributed by atoms with van der Waals surface area (Å²) in [5, 5.41) is 4.95. The minimum atomic E-state index is 0.324. The van der Waals surface area contributed by atoms with Gasteiger partial charge in [0.2, 0.25) is 0 Å². The summed E-state index contributed by atoms with van der Waals surface area (Å²) in [5.74, 6) is 0.503. The molecule has 0 unspecified atom stereocenters.